The van der Waals surface area contributed by atoms with Crippen LogP contribution in [0.3, 0.4) is 0 Å². The highest BCUT2D eigenvalue weighted by atomic mass is 15.3. The molecular formula is C11H20N4. The number of hydrogen-bond donors (Lipinski definition) is 1. The van der Waals surface area contributed by atoms with Crippen molar-refractivity contribution in [2.45, 2.75) is 45.1 Å². The fourth-order valence-corrected chi connectivity index (χ4v) is 2.11. The Morgan fingerprint density at radius 3 is 3.00 bits per heavy atom. The quantitative estimate of drug-likeness (QED) is 0.794. The summed E-state index contributed by atoms with van der Waals surface area (Å²) in [7, 11) is 1.95. The molecule has 1 aliphatic heterocycles. The molecule has 4 heteroatoms. The van der Waals surface area contributed by atoms with Crippen LogP contribution in [0.15, 0.2) is 0 Å². The molecule has 0 spiro atoms. The lowest BCUT2D eigenvalue weighted by Crippen LogP contribution is -2.30. The first-order valence-electron chi connectivity index (χ1n) is 5.85. The molecule has 0 saturated carbocycles. The van der Waals surface area contributed by atoms with E-state index in [1.807, 2.05) is 18.7 Å². The van der Waals surface area contributed by atoms with Gasteiger partial charge in [0.1, 0.15) is 5.82 Å². The molecule has 0 amide bonds. The second kappa shape index (κ2) is 4.75. The molecule has 1 N–H and O–H groups in total. The van der Waals surface area contributed by atoms with E-state index in [1.165, 1.54) is 25.7 Å². The molecule has 1 atom stereocenters. The third-order valence-electron chi connectivity index (χ3n) is 3.12. The zero-order chi connectivity index (χ0) is 10.7. The smallest absolute Gasteiger partial charge is 0.152 e. The number of nitrogens with zero attached hydrogens (tertiary/aromatic N) is 3. The summed E-state index contributed by atoms with van der Waals surface area (Å²) in [5.74, 6) is 1.98. The molecule has 15 heavy (non-hydrogen) atoms. The molecule has 1 aromatic heterocycles. The highest BCUT2D eigenvalue weighted by Gasteiger charge is 2.14. The van der Waals surface area contributed by atoms with Gasteiger partial charge >= 0.3 is 0 Å². The Balaban J connectivity index is 1.95. The van der Waals surface area contributed by atoms with Gasteiger partial charge in [-0.1, -0.05) is 12.8 Å². The zero-order valence-corrected chi connectivity index (χ0v) is 9.66. The number of rotatable bonds is 2. The summed E-state index contributed by atoms with van der Waals surface area (Å²) in [5.41, 5.74) is 0. The van der Waals surface area contributed by atoms with Gasteiger partial charge in [-0.3, -0.25) is 4.68 Å². The molecule has 0 radical (unpaired) electrons. The molecule has 1 aromatic rings. The van der Waals surface area contributed by atoms with Crippen LogP contribution in [0.5, 0.6) is 0 Å². The van der Waals surface area contributed by atoms with E-state index in [-0.39, 0.29) is 0 Å². The van der Waals surface area contributed by atoms with Crippen molar-refractivity contribution >= 4 is 0 Å². The normalized spacial score (nSPS) is 22.7. The topological polar surface area (TPSA) is 42.7 Å². The maximum atomic E-state index is 4.45. The first-order chi connectivity index (χ1) is 7.25. The Morgan fingerprint density at radius 1 is 1.40 bits per heavy atom. The summed E-state index contributed by atoms with van der Waals surface area (Å²) >= 11 is 0. The molecule has 1 saturated heterocycles. The molecule has 0 bridgehead atoms. The van der Waals surface area contributed by atoms with Crippen LogP contribution in [0.1, 0.15) is 37.3 Å². The average molecular weight is 208 g/mol. The summed E-state index contributed by atoms with van der Waals surface area (Å²) in [6, 6.07) is 0.578. The van der Waals surface area contributed by atoms with Crippen LogP contribution >= 0.6 is 0 Å². The highest BCUT2D eigenvalue weighted by molar-refractivity contribution is 4.93. The summed E-state index contributed by atoms with van der Waals surface area (Å²) in [5, 5.41) is 7.97. The standard InChI is InChI=1S/C11H20N4/c1-9-13-11(14-15(9)2)8-10-6-4-3-5-7-12-10/h10,12H,3-8H2,1-2H3. The van der Waals surface area contributed by atoms with Crippen LogP contribution < -0.4 is 5.32 Å². The lowest BCUT2D eigenvalue weighted by Gasteiger charge is -2.12. The van der Waals surface area contributed by atoms with E-state index in [0.717, 1.165) is 24.6 Å². The van der Waals surface area contributed by atoms with Crippen molar-refractivity contribution < 1.29 is 0 Å². The fraction of sp³-hybridized carbons (Fsp3) is 0.818. The van der Waals surface area contributed by atoms with Gasteiger partial charge in [-0.2, -0.15) is 5.10 Å². The van der Waals surface area contributed by atoms with Gasteiger partial charge in [0.05, 0.1) is 0 Å². The van der Waals surface area contributed by atoms with Gasteiger partial charge in [-0.15, -0.1) is 0 Å². The molecule has 2 rings (SSSR count). The Morgan fingerprint density at radius 2 is 2.27 bits per heavy atom. The van der Waals surface area contributed by atoms with Gasteiger partial charge in [0.25, 0.3) is 0 Å². The van der Waals surface area contributed by atoms with Crippen LogP contribution in [-0.2, 0) is 13.5 Å². The summed E-state index contributed by atoms with van der Waals surface area (Å²) in [6.45, 7) is 3.15. The predicted molar refractivity (Wildman–Crippen MR) is 59.7 cm³/mol. The van der Waals surface area contributed by atoms with Crippen molar-refractivity contribution in [3.63, 3.8) is 0 Å². The lowest BCUT2D eigenvalue weighted by atomic mass is 10.1. The van der Waals surface area contributed by atoms with Crippen LogP contribution in [0.2, 0.25) is 0 Å². The molecule has 1 aliphatic rings. The van der Waals surface area contributed by atoms with E-state index in [0.29, 0.717) is 6.04 Å². The number of aromatic nitrogens is 3. The Kier molecular flexibility index (Phi) is 3.36. The van der Waals surface area contributed by atoms with Gasteiger partial charge < -0.3 is 5.32 Å². The average Bonchev–Trinajstić information content (AvgIpc) is 2.45. The van der Waals surface area contributed by atoms with Crippen molar-refractivity contribution in [1.82, 2.24) is 20.1 Å². The summed E-state index contributed by atoms with van der Waals surface area (Å²) in [4.78, 5) is 4.45. The summed E-state index contributed by atoms with van der Waals surface area (Å²) < 4.78 is 1.85. The minimum atomic E-state index is 0.578. The van der Waals surface area contributed by atoms with Crippen molar-refractivity contribution in [3.05, 3.63) is 11.6 Å². The van der Waals surface area contributed by atoms with E-state index >= 15 is 0 Å². The molecule has 0 aromatic carbocycles. The van der Waals surface area contributed by atoms with E-state index in [4.69, 9.17) is 0 Å². The first-order valence-corrected chi connectivity index (χ1v) is 5.85. The zero-order valence-electron chi connectivity index (χ0n) is 9.66. The Hall–Kier alpha value is -0.900. The maximum absolute atomic E-state index is 4.45. The first kappa shape index (κ1) is 10.6. The van der Waals surface area contributed by atoms with Crippen LogP contribution in [0, 0.1) is 6.92 Å². The second-order valence-corrected chi connectivity index (χ2v) is 4.40. The van der Waals surface area contributed by atoms with Crippen molar-refractivity contribution in [2.24, 2.45) is 7.05 Å². The Labute approximate surface area is 91.1 Å². The molecule has 4 nitrogen and oxygen atoms in total. The SMILES string of the molecule is Cc1nc(CC2CCCCCN2)nn1C. The van der Waals surface area contributed by atoms with Gasteiger partial charge in [0.2, 0.25) is 0 Å². The number of aryl methyl sites for hydroxylation is 2. The maximum Gasteiger partial charge on any atom is 0.152 e. The number of nitrogens with one attached hydrogen (secondary N) is 1. The molecule has 84 valence electrons. The molecule has 0 aliphatic carbocycles. The fourth-order valence-electron chi connectivity index (χ4n) is 2.11. The van der Waals surface area contributed by atoms with Gasteiger partial charge in [0.15, 0.2) is 5.82 Å². The minimum Gasteiger partial charge on any atom is -0.314 e. The third-order valence-corrected chi connectivity index (χ3v) is 3.12. The van der Waals surface area contributed by atoms with E-state index in [9.17, 15) is 0 Å². The molecule has 1 unspecified atom stereocenters. The van der Waals surface area contributed by atoms with E-state index < -0.39 is 0 Å². The predicted octanol–water partition coefficient (Wildman–Crippen LogP) is 1.20. The lowest BCUT2D eigenvalue weighted by molar-refractivity contribution is 0.496. The monoisotopic (exact) mass is 208 g/mol. The minimum absolute atomic E-state index is 0.578. The highest BCUT2D eigenvalue weighted by Crippen LogP contribution is 2.11. The van der Waals surface area contributed by atoms with Gasteiger partial charge in [-0.05, 0) is 26.3 Å². The largest absolute Gasteiger partial charge is 0.314 e. The van der Waals surface area contributed by atoms with Gasteiger partial charge in [0, 0.05) is 19.5 Å². The second-order valence-electron chi connectivity index (χ2n) is 4.40. The van der Waals surface area contributed by atoms with Crippen molar-refractivity contribution in [1.29, 1.82) is 0 Å². The Bertz CT molecular complexity index is 291. The van der Waals surface area contributed by atoms with E-state index in [2.05, 4.69) is 15.4 Å². The van der Waals surface area contributed by atoms with Crippen molar-refractivity contribution in [2.75, 3.05) is 6.54 Å². The third kappa shape index (κ3) is 2.78. The number of hydrogen-bond acceptors (Lipinski definition) is 3. The van der Waals surface area contributed by atoms with Crippen LogP contribution in [0.4, 0.5) is 0 Å². The van der Waals surface area contributed by atoms with Crippen LogP contribution in [-0.4, -0.2) is 27.4 Å². The van der Waals surface area contributed by atoms with E-state index in [1.54, 1.807) is 0 Å². The molecular weight excluding hydrogens is 188 g/mol. The van der Waals surface area contributed by atoms with Crippen LogP contribution in [0.25, 0.3) is 0 Å². The molecule has 2 heterocycles. The van der Waals surface area contributed by atoms with Crippen molar-refractivity contribution in [3.8, 4) is 0 Å². The van der Waals surface area contributed by atoms with Gasteiger partial charge in [-0.25, -0.2) is 4.98 Å². The molecule has 1 fully saturated rings. The summed E-state index contributed by atoms with van der Waals surface area (Å²) in [6.07, 6.45) is 6.24.